The number of anilines is 1. The maximum atomic E-state index is 13.8. The zero-order chi connectivity index (χ0) is 25.4. The van der Waals surface area contributed by atoms with E-state index in [4.69, 9.17) is 4.74 Å². The molecule has 2 aromatic carbocycles. The van der Waals surface area contributed by atoms with Gasteiger partial charge in [0.05, 0.1) is 17.1 Å². The summed E-state index contributed by atoms with van der Waals surface area (Å²) in [6.45, 7) is 2.91. The van der Waals surface area contributed by atoms with E-state index in [2.05, 4.69) is 4.90 Å². The van der Waals surface area contributed by atoms with Crippen LogP contribution in [0, 0.1) is 10.1 Å². The zero-order valence-corrected chi connectivity index (χ0v) is 20.2. The summed E-state index contributed by atoms with van der Waals surface area (Å²) in [5.74, 6) is -0.120. The molecule has 1 aliphatic heterocycles. The van der Waals surface area contributed by atoms with Gasteiger partial charge in [-0.05, 0) is 18.2 Å². The first-order chi connectivity index (χ1) is 17.4. The Balaban J connectivity index is 1.48. The summed E-state index contributed by atoms with van der Waals surface area (Å²) in [5.41, 5.74) is 2.68. The van der Waals surface area contributed by atoms with Crippen LogP contribution in [0.3, 0.4) is 0 Å². The normalized spacial score (nSPS) is 14.1. The van der Waals surface area contributed by atoms with Crippen molar-refractivity contribution >= 4 is 39.1 Å². The number of aromatic nitrogens is 2. The third kappa shape index (κ3) is 3.99. The van der Waals surface area contributed by atoms with Crippen LogP contribution in [0.5, 0.6) is 0 Å². The highest BCUT2D eigenvalue weighted by Gasteiger charge is 2.27. The van der Waals surface area contributed by atoms with E-state index in [1.807, 2.05) is 40.8 Å². The van der Waals surface area contributed by atoms with Crippen molar-refractivity contribution in [3.63, 3.8) is 0 Å². The first kappa shape index (κ1) is 23.6. The van der Waals surface area contributed by atoms with Crippen LogP contribution in [-0.2, 0) is 18.3 Å². The zero-order valence-electron chi connectivity index (χ0n) is 20.2. The summed E-state index contributed by atoms with van der Waals surface area (Å²) in [6, 6.07) is 14.2. The lowest BCUT2D eigenvalue weighted by molar-refractivity contribution is -0.384. The molecule has 10 heteroatoms. The van der Waals surface area contributed by atoms with Gasteiger partial charge in [-0.2, -0.15) is 0 Å². The van der Waals surface area contributed by atoms with Crippen molar-refractivity contribution in [2.45, 2.75) is 6.54 Å². The molecule has 1 aliphatic rings. The number of carbonyl (C=O) groups is 1. The van der Waals surface area contributed by atoms with Gasteiger partial charge in [0.1, 0.15) is 5.52 Å². The topological polar surface area (TPSA) is 103 Å². The van der Waals surface area contributed by atoms with Gasteiger partial charge >= 0.3 is 0 Å². The summed E-state index contributed by atoms with van der Waals surface area (Å²) < 4.78 is 8.61. The highest BCUT2D eigenvalue weighted by Crippen LogP contribution is 2.30. The van der Waals surface area contributed by atoms with Gasteiger partial charge in [0.15, 0.2) is 0 Å². The first-order valence-electron chi connectivity index (χ1n) is 11.8. The molecular weight excluding hydrogens is 462 g/mol. The van der Waals surface area contributed by atoms with Crippen molar-refractivity contribution in [1.82, 2.24) is 14.0 Å². The molecule has 186 valence electrons. The van der Waals surface area contributed by atoms with Gasteiger partial charge in [-0.1, -0.05) is 18.2 Å². The molecule has 0 N–H and O–H groups in total. The number of methoxy groups -OCH3 is 1. The van der Waals surface area contributed by atoms with Crippen LogP contribution < -0.4 is 10.5 Å². The Kier molecular flexibility index (Phi) is 6.19. The number of fused-ring (bicyclic) bond motifs is 3. The number of non-ortho nitro benzene ring substituents is 1. The monoisotopic (exact) mass is 489 g/mol. The number of ether oxygens (including phenoxy) is 1. The lowest BCUT2D eigenvalue weighted by atomic mass is 10.1. The fourth-order valence-corrected chi connectivity index (χ4v) is 4.97. The number of hydrogen-bond acceptors (Lipinski definition) is 6. The lowest BCUT2D eigenvalue weighted by Gasteiger charge is -2.36. The van der Waals surface area contributed by atoms with Crippen molar-refractivity contribution in [1.29, 1.82) is 0 Å². The number of benzene rings is 2. The first-order valence-corrected chi connectivity index (χ1v) is 11.8. The highest BCUT2D eigenvalue weighted by atomic mass is 16.6. The third-order valence-corrected chi connectivity index (χ3v) is 6.88. The minimum absolute atomic E-state index is 0.0512. The molecule has 3 heterocycles. The van der Waals surface area contributed by atoms with Gasteiger partial charge in [0, 0.05) is 87.2 Å². The smallest absolute Gasteiger partial charge is 0.275 e. The van der Waals surface area contributed by atoms with E-state index in [1.165, 1.54) is 12.1 Å². The van der Waals surface area contributed by atoms with E-state index in [-0.39, 0.29) is 17.2 Å². The standard InChI is InChI=1S/C26H27N5O5/c1-27-22-6-4-3-5-20(22)23-21(17-30(15-16-36-2)26(33)24(23)27)25(32)29-13-11-28(12-14-29)18-7-9-19(10-8-18)31(34)35/h3-10,17H,11-16H2,1-2H3. The molecule has 0 spiro atoms. The van der Waals surface area contributed by atoms with Crippen LogP contribution in [0.4, 0.5) is 11.4 Å². The molecule has 0 unspecified atom stereocenters. The Morgan fingerprint density at radius 3 is 2.42 bits per heavy atom. The molecule has 5 rings (SSSR count). The second kappa shape index (κ2) is 9.46. The molecule has 0 saturated carbocycles. The number of aryl methyl sites for hydroxylation is 1. The van der Waals surface area contributed by atoms with Crippen molar-refractivity contribution in [3.8, 4) is 0 Å². The number of nitrogens with zero attached hydrogens (tertiary/aromatic N) is 5. The van der Waals surface area contributed by atoms with Crippen molar-refractivity contribution in [2.75, 3.05) is 44.8 Å². The van der Waals surface area contributed by atoms with Gasteiger partial charge in [-0.25, -0.2) is 0 Å². The van der Waals surface area contributed by atoms with Gasteiger partial charge in [-0.3, -0.25) is 19.7 Å². The molecule has 2 aromatic heterocycles. The maximum Gasteiger partial charge on any atom is 0.275 e. The van der Waals surface area contributed by atoms with Crippen LogP contribution in [0.25, 0.3) is 21.8 Å². The number of piperazine rings is 1. The molecule has 0 bridgehead atoms. The van der Waals surface area contributed by atoms with Gasteiger partial charge in [-0.15, -0.1) is 0 Å². The van der Waals surface area contributed by atoms with Crippen LogP contribution in [0.1, 0.15) is 10.4 Å². The molecule has 1 amide bonds. The Bertz CT molecular complexity index is 1510. The number of rotatable bonds is 6. The molecular formula is C26H27N5O5. The molecule has 0 aliphatic carbocycles. The Hall–Kier alpha value is -4.18. The second-order valence-electron chi connectivity index (χ2n) is 8.89. The van der Waals surface area contributed by atoms with Crippen molar-refractivity contribution in [3.05, 3.63) is 80.8 Å². The van der Waals surface area contributed by atoms with Crippen molar-refractivity contribution in [2.24, 2.45) is 7.05 Å². The summed E-state index contributed by atoms with van der Waals surface area (Å²) in [5, 5.41) is 12.5. The van der Waals surface area contributed by atoms with E-state index in [0.717, 1.165) is 16.6 Å². The summed E-state index contributed by atoms with van der Waals surface area (Å²) >= 11 is 0. The largest absolute Gasteiger partial charge is 0.383 e. The van der Waals surface area contributed by atoms with Crippen LogP contribution in [0.2, 0.25) is 0 Å². The minimum atomic E-state index is -0.416. The van der Waals surface area contributed by atoms with E-state index in [1.54, 1.807) is 30.0 Å². The molecule has 4 aromatic rings. The Labute approximate surface area is 207 Å². The fraction of sp³-hybridized carbons (Fsp3) is 0.308. The number of nitro groups is 1. The number of amides is 1. The van der Waals surface area contributed by atoms with E-state index in [0.29, 0.717) is 55.8 Å². The predicted molar refractivity (Wildman–Crippen MR) is 138 cm³/mol. The average molecular weight is 490 g/mol. The molecule has 0 atom stereocenters. The van der Waals surface area contributed by atoms with Crippen LogP contribution in [-0.4, -0.2) is 64.8 Å². The van der Waals surface area contributed by atoms with Crippen LogP contribution >= 0.6 is 0 Å². The molecule has 1 saturated heterocycles. The molecule has 10 nitrogen and oxygen atoms in total. The highest BCUT2D eigenvalue weighted by molar-refractivity contribution is 6.17. The van der Waals surface area contributed by atoms with E-state index in [9.17, 15) is 19.7 Å². The lowest BCUT2D eigenvalue weighted by Crippen LogP contribution is -2.49. The summed E-state index contributed by atoms with van der Waals surface area (Å²) in [4.78, 5) is 41.6. The fourth-order valence-electron chi connectivity index (χ4n) is 4.97. The number of para-hydroxylation sites is 1. The van der Waals surface area contributed by atoms with Gasteiger partial charge < -0.3 is 23.7 Å². The van der Waals surface area contributed by atoms with Gasteiger partial charge in [0.2, 0.25) is 0 Å². The average Bonchev–Trinajstić information content (AvgIpc) is 3.21. The molecule has 36 heavy (non-hydrogen) atoms. The number of pyridine rings is 1. The maximum absolute atomic E-state index is 13.8. The van der Waals surface area contributed by atoms with Gasteiger partial charge in [0.25, 0.3) is 17.2 Å². The Morgan fingerprint density at radius 1 is 1.06 bits per heavy atom. The third-order valence-electron chi connectivity index (χ3n) is 6.88. The quantitative estimate of drug-likeness (QED) is 0.305. The SMILES string of the molecule is COCCn1cc(C(=O)N2CCN(c3ccc([N+](=O)[O-])cc3)CC2)c2c3ccccc3n(C)c2c1=O. The summed E-state index contributed by atoms with van der Waals surface area (Å²) in [6.07, 6.45) is 1.67. The van der Waals surface area contributed by atoms with Crippen LogP contribution in [0.15, 0.2) is 59.5 Å². The molecule has 0 radical (unpaired) electrons. The molecule has 1 fully saturated rings. The number of nitro benzene ring substituents is 1. The number of hydrogen-bond donors (Lipinski definition) is 0. The Morgan fingerprint density at radius 2 is 1.75 bits per heavy atom. The second-order valence-corrected chi connectivity index (χ2v) is 8.89. The minimum Gasteiger partial charge on any atom is -0.383 e. The summed E-state index contributed by atoms with van der Waals surface area (Å²) in [7, 11) is 3.43. The number of carbonyl (C=O) groups excluding carboxylic acids is 1. The van der Waals surface area contributed by atoms with E-state index < -0.39 is 4.92 Å². The van der Waals surface area contributed by atoms with Crippen molar-refractivity contribution < 1.29 is 14.5 Å². The van der Waals surface area contributed by atoms with E-state index >= 15 is 0 Å². The predicted octanol–water partition coefficient (Wildman–Crippen LogP) is 3.01.